The number of rotatable bonds is 5. The molecular weight excluding hydrogens is 190 g/mol. The number of nitrogens with one attached hydrogen (secondary N) is 1. The van der Waals surface area contributed by atoms with Gasteiger partial charge in [-0.1, -0.05) is 0 Å². The van der Waals surface area contributed by atoms with Crippen LogP contribution >= 0.6 is 0 Å². The van der Waals surface area contributed by atoms with E-state index in [0.29, 0.717) is 12.6 Å². The largest absolute Gasteiger partial charge is 0.342 e. The van der Waals surface area contributed by atoms with Crippen LogP contribution in [0.15, 0.2) is 0 Å². The van der Waals surface area contributed by atoms with E-state index in [1.54, 1.807) is 0 Å². The maximum absolute atomic E-state index is 11.8. The third-order valence-electron chi connectivity index (χ3n) is 3.16. The molecule has 0 saturated carbocycles. The van der Waals surface area contributed by atoms with Gasteiger partial charge in [0.05, 0.1) is 6.54 Å². The van der Waals surface area contributed by atoms with Crippen LogP contribution in [0.5, 0.6) is 0 Å². The van der Waals surface area contributed by atoms with Crippen molar-refractivity contribution in [3.8, 4) is 0 Å². The molecule has 4 heteroatoms. The number of nitrogens with zero attached hydrogens (tertiary/aromatic N) is 2. The van der Waals surface area contributed by atoms with Crippen molar-refractivity contribution in [2.45, 2.75) is 26.3 Å². The number of hydrogen-bond donors (Lipinski definition) is 1. The molecule has 1 aliphatic rings. The topological polar surface area (TPSA) is 35.6 Å². The van der Waals surface area contributed by atoms with Crippen LogP contribution in [0.3, 0.4) is 0 Å². The van der Waals surface area contributed by atoms with Crippen molar-refractivity contribution in [2.24, 2.45) is 0 Å². The highest BCUT2D eigenvalue weighted by Crippen LogP contribution is 2.06. The normalized spacial score (nSPS) is 20.9. The summed E-state index contributed by atoms with van der Waals surface area (Å²) in [6.45, 7) is 8.32. The molecule has 0 aliphatic carbocycles. The average molecular weight is 213 g/mol. The second-order valence-corrected chi connectivity index (χ2v) is 4.13. The second-order valence-electron chi connectivity index (χ2n) is 4.13. The van der Waals surface area contributed by atoms with Crippen LogP contribution < -0.4 is 5.32 Å². The summed E-state index contributed by atoms with van der Waals surface area (Å²) in [6.07, 6.45) is 1.15. The van der Waals surface area contributed by atoms with E-state index in [1.165, 1.54) is 0 Å². The van der Waals surface area contributed by atoms with E-state index in [-0.39, 0.29) is 5.91 Å². The molecule has 1 fully saturated rings. The molecule has 0 aromatic rings. The maximum atomic E-state index is 11.8. The Hall–Kier alpha value is -0.610. The standard InChI is InChI=1S/C11H23N3O/c1-4-14(5-2)11(15)9-13(3)10-6-7-12-8-10/h10,12H,4-9H2,1-3H3. The van der Waals surface area contributed by atoms with Crippen molar-refractivity contribution >= 4 is 5.91 Å². The lowest BCUT2D eigenvalue weighted by Gasteiger charge is -2.26. The zero-order valence-corrected chi connectivity index (χ0v) is 10.1. The Morgan fingerprint density at radius 3 is 2.53 bits per heavy atom. The third kappa shape index (κ3) is 3.47. The summed E-state index contributed by atoms with van der Waals surface area (Å²) >= 11 is 0. The Morgan fingerprint density at radius 2 is 2.07 bits per heavy atom. The van der Waals surface area contributed by atoms with Gasteiger partial charge in [-0.2, -0.15) is 0 Å². The summed E-state index contributed by atoms with van der Waals surface area (Å²) in [5.74, 6) is 0.245. The monoisotopic (exact) mass is 213 g/mol. The van der Waals surface area contributed by atoms with E-state index in [4.69, 9.17) is 0 Å². The summed E-state index contributed by atoms with van der Waals surface area (Å²) in [7, 11) is 2.04. The molecular formula is C11H23N3O. The summed E-state index contributed by atoms with van der Waals surface area (Å²) in [6, 6.07) is 0.532. The lowest BCUT2D eigenvalue weighted by Crippen LogP contribution is -2.43. The lowest BCUT2D eigenvalue weighted by atomic mass is 10.2. The smallest absolute Gasteiger partial charge is 0.236 e. The molecule has 1 heterocycles. The summed E-state index contributed by atoms with van der Waals surface area (Å²) < 4.78 is 0. The molecule has 1 N–H and O–H groups in total. The quantitative estimate of drug-likeness (QED) is 0.706. The summed E-state index contributed by atoms with van der Waals surface area (Å²) in [5.41, 5.74) is 0. The first-order chi connectivity index (χ1) is 7.19. The molecule has 0 spiro atoms. The van der Waals surface area contributed by atoms with Gasteiger partial charge in [-0.3, -0.25) is 9.69 Å². The van der Waals surface area contributed by atoms with Gasteiger partial charge in [0.15, 0.2) is 0 Å². The third-order valence-corrected chi connectivity index (χ3v) is 3.16. The zero-order valence-electron chi connectivity index (χ0n) is 10.1. The highest BCUT2D eigenvalue weighted by Gasteiger charge is 2.22. The average Bonchev–Trinajstić information content (AvgIpc) is 2.72. The molecule has 4 nitrogen and oxygen atoms in total. The molecule has 0 radical (unpaired) electrons. The van der Waals surface area contributed by atoms with E-state index in [0.717, 1.165) is 32.6 Å². The Balaban J connectivity index is 2.35. The summed E-state index contributed by atoms with van der Waals surface area (Å²) in [5, 5.41) is 3.32. The molecule has 1 saturated heterocycles. The Bertz CT molecular complexity index is 198. The van der Waals surface area contributed by atoms with Crippen LogP contribution in [-0.2, 0) is 4.79 Å². The molecule has 1 rings (SSSR count). The van der Waals surface area contributed by atoms with Gasteiger partial charge in [-0.15, -0.1) is 0 Å². The van der Waals surface area contributed by atoms with Gasteiger partial charge in [0, 0.05) is 25.7 Å². The van der Waals surface area contributed by atoms with Crippen LogP contribution in [0.4, 0.5) is 0 Å². The molecule has 1 aliphatic heterocycles. The van der Waals surface area contributed by atoms with Crippen molar-refractivity contribution in [2.75, 3.05) is 39.8 Å². The van der Waals surface area contributed by atoms with Crippen LogP contribution in [0.2, 0.25) is 0 Å². The van der Waals surface area contributed by atoms with Crippen LogP contribution in [0.25, 0.3) is 0 Å². The first-order valence-corrected chi connectivity index (χ1v) is 5.87. The highest BCUT2D eigenvalue weighted by atomic mass is 16.2. The van der Waals surface area contributed by atoms with E-state index in [9.17, 15) is 4.79 Å². The van der Waals surface area contributed by atoms with Crippen molar-refractivity contribution in [1.29, 1.82) is 0 Å². The molecule has 0 aromatic heterocycles. The lowest BCUT2D eigenvalue weighted by molar-refractivity contribution is -0.132. The molecule has 1 unspecified atom stereocenters. The second kappa shape index (κ2) is 6.08. The molecule has 15 heavy (non-hydrogen) atoms. The van der Waals surface area contributed by atoms with Crippen molar-refractivity contribution in [3.05, 3.63) is 0 Å². The van der Waals surface area contributed by atoms with Crippen molar-refractivity contribution < 1.29 is 4.79 Å². The van der Waals surface area contributed by atoms with E-state index >= 15 is 0 Å². The number of amides is 1. The Morgan fingerprint density at radius 1 is 1.40 bits per heavy atom. The predicted octanol–water partition coefficient (Wildman–Crippen LogP) is 0.149. The van der Waals surface area contributed by atoms with Gasteiger partial charge in [0.25, 0.3) is 0 Å². The SMILES string of the molecule is CCN(CC)C(=O)CN(C)C1CCNC1. The van der Waals surface area contributed by atoms with E-state index in [1.807, 2.05) is 25.8 Å². The molecule has 1 atom stereocenters. The minimum Gasteiger partial charge on any atom is -0.342 e. The fourth-order valence-electron chi connectivity index (χ4n) is 2.03. The van der Waals surface area contributed by atoms with Gasteiger partial charge in [0.2, 0.25) is 5.91 Å². The fraction of sp³-hybridized carbons (Fsp3) is 0.909. The maximum Gasteiger partial charge on any atom is 0.236 e. The number of carbonyl (C=O) groups is 1. The Kier molecular flexibility index (Phi) is 5.05. The zero-order chi connectivity index (χ0) is 11.3. The molecule has 1 amide bonds. The molecule has 88 valence electrons. The van der Waals surface area contributed by atoms with Crippen molar-refractivity contribution in [3.63, 3.8) is 0 Å². The predicted molar refractivity (Wildman–Crippen MR) is 61.8 cm³/mol. The van der Waals surface area contributed by atoms with Crippen molar-refractivity contribution in [1.82, 2.24) is 15.1 Å². The van der Waals surface area contributed by atoms with E-state index < -0.39 is 0 Å². The minimum absolute atomic E-state index is 0.245. The van der Waals surface area contributed by atoms with Crippen LogP contribution in [0.1, 0.15) is 20.3 Å². The Labute approximate surface area is 92.6 Å². The first-order valence-electron chi connectivity index (χ1n) is 5.87. The van der Waals surface area contributed by atoms with Gasteiger partial charge in [-0.25, -0.2) is 0 Å². The van der Waals surface area contributed by atoms with Gasteiger partial charge in [-0.05, 0) is 33.9 Å². The number of hydrogen-bond acceptors (Lipinski definition) is 3. The fourth-order valence-corrected chi connectivity index (χ4v) is 2.03. The van der Waals surface area contributed by atoms with Gasteiger partial charge in [0.1, 0.15) is 0 Å². The van der Waals surface area contributed by atoms with Crippen LogP contribution in [-0.4, -0.2) is 61.5 Å². The summed E-state index contributed by atoms with van der Waals surface area (Å²) in [4.78, 5) is 15.9. The number of likely N-dealkylation sites (N-methyl/N-ethyl adjacent to an activating group) is 2. The molecule has 0 bridgehead atoms. The molecule has 0 aromatic carbocycles. The minimum atomic E-state index is 0.245. The van der Waals surface area contributed by atoms with Crippen LogP contribution in [0, 0.1) is 0 Å². The van der Waals surface area contributed by atoms with Gasteiger partial charge >= 0.3 is 0 Å². The number of carbonyl (C=O) groups excluding carboxylic acids is 1. The first kappa shape index (κ1) is 12.5. The van der Waals surface area contributed by atoms with Gasteiger partial charge < -0.3 is 10.2 Å². The van der Waals surface area contributed by atoms with E-state index in [2.05, 4.69) is 10.2 Å². The highest BCUT2D eigenvalue weighted by molar-refractivity contribution is 5.78.